The molecule has 0 saturated carbocycles. The lowest BCUT2D eigenvalue weighted by atomic mass is 9.93. The van der Waals surface area contributed by atoms with E-state index in [1.807, 2.05) is 34.0 Å². The van der Waals surface area contributed by atoms with Gasteiger partial charge in [0.05, 0.1) is 10.9 Å². The number of nitrogens with one attached hydrogen (secondary N) is 1. The number of aldehydes is 2. The monoisotopic (exact) mass is 435 g/mol. The first kappa shape index (κ1) is 23.0. The zero-order valence-electron chi connectivity index (χ0n) is 18.3. The molecule has 4 aromatic rings. The van der Waals surface area contributed by atoms with Gasteiger partial charge in [-0.1, -0.05) is 6.07 Å². The lowest BCUT2D eigenvalue weighted by Gasteiger charge is -2.11. The van der Waals surface area contributed by atoms with Crippen LogP contribution in [0.3, 0.4) is 0 Å². The summed E-state index contributed by atoms with van der Waals surface area (Å²) in [4.78, 5) is 23.1. The molecule has 4 rings (SSSR count). The second-order valence-electron chi connectivity index (χ2n) is 7.41. The molecule has 1 heterocycles. The smallest absolute Gasteiger partial charge is 0.154 e. The molecule has 0 bridgehead atoms. The zero-order valence-corrected chi connectivity index (χ0v) is 18.3. The molecule has 3 aromatic carbocycles. The van der Waals surface area contributed by atoms with Crippen molar-refractivity contribution in [1.29, 1.82) is 0 Å². The predicted octanol–water partition coefficient (Wildman–Crippen LogP) is 6.12. The number of halogens is 2. The summed E-state index contributed by atoms with van der Waals surface area (Å²) in [5, 5.41) is 2.81. The molecule has 0 saturated heterocycles. The minimum Gasteiger partial charge on any atom is -0.455 e. The van der Waals surface area contributed by atoms with Crippen LogP contribution in [0, 0.1) is 25.5 Å². The fraction of sp³-hybridized carbons (Fsp3) is 0.154. The van der Waals surface area contributed by atoms with Gasteiger partial charge in [-0.05, 0) is 87.1 Å². The molecule has 0 radical (unpaired) electrons. The van der Waals surface area contributed by atoms with Crippen LogP contribution in [0.5, 0.6) is 0 Å². The van der Waals surface area contributed by atoms with E-state index < -0.39 is 11.6 Å². The Hall–Kier alpha value is -3.64. The molecule has 0 fully saturated rings. The zero-order chi connectivity index (χ0) is 23.4. The van der Waals surface area contributed by atoms with E-state index in [9.17, 15) is 14.0 Å². The van der Waals surface area contributed by atoms with E-state index in [-0.39, 0.29) is 27.9 Å². The van der Waals surface area contributed by atoms with Gasteiger partial charge >= 0.3 is 0 Å². The maximum absolute atomic E-state index is 15.5. The Morgan fingerprint density at radius 1 is 0.844 bits per heavy atom. The van der Waals surface area contributed by atoms with Crippen LogP contribution in [0.2, 0.25) is 0 Å². The third-order valence-corrected chi connectivity index (χ3v) is 5.08. The summed E-state index contributed by atoms with van der Waals surface area (Å²) < 4.78 is 34.5. The Labute approximate surface area is 184 Å². The van der Waals surface area contributed by atoms with Crippen LogP contribution < -0.4 is 5.32 Å². The van der Waals surface area contributed by atoms with Crippen LogP contribution in [0.1, 0.15) is 31.8 Å². The van der Waals surface area contributed by atoms with Crippen molar-refractivity contribution in [2.24, 2.45) is 0 Å². The predicted molar refractivity (Wildman–Crippen MR) is 122 cm³/mol. The van der Waals surface area contributed by atoms with Crippen molar-refractivity contribution in [2.75, 3.05) is 14.1 Å². The molecular formula is C26H23F2NO3. The van der Waals surface area contributed by atoms with Crippen LogP contribution in [-0.2, 0) is 0 Å². The number of carbonyl (C=O) groups is 2. The summed E-state index contributed by atoms with van der Waals surface area (Å²) in [5.74, 6) is -0.849. The van der Waals surface area contributed by atoms with E-state index in [2.05, 4.69) is 5.32 Å². The average Bonchev–Trinajstić information content (AvgIpc) is 3.15. The van der Waals surface area contributed by atoms with E-state index in [4.69, 9.17) is 4.42 Å². The van der Waals surface area contributed by atoms with E-state index >= 15 is 4.39 Å². The molecule has 1 aromatic heterocycles. The molecule has 0 atom stereocenters. The van der Waals surface area contributed by atoms with Crippen LogP contribution in [0.25, 0.3) is 33.4 Å². The molecule has 0 amide bonds. The van der Waals surface area contributed by atoms with Crippen LogP contribution in [0.15, 0.2) is 52.9 Å². The van der Waals surface area contributed by atoms with E-state index in [0.29, 0.717) is 23.0 Å². The summed E-state index contributed by atoms with van der Waals surface area (Å²) in [5.41, 5.74) is 3.67. The molecule has 6 heteroatoms. The van der Waals surface area contributed by atoms with Gasteiger partial charge in [0.2, 0.25) is 0 Å². The van der Waals surface area contributed by atoms with Crippen LogP contribution in [-0.4, -0.2) is 26.7 Å². The van der Waals surface area contributed by atoms with Crippen molar-refractivity contribution in [2.45, 2.75) is 13.8 Å². The molecule has 0 aliphatic rings. The van der Waals surface area contributed by atoms with Crippen molar-refractivity contribution in [3.8, 4) is 22.5 Å². The molecule has 164 valence electrons. The normalized spacial score (nSPS) is 10.6. The number of carbonyl (C=O) groups excluding carboxylic acids is 2. The van der Waals surface area contributed by atoms with Gasteiger partial charge < -0.3 is 9.73 Å². The average molecular weight is 435 g/mol. The van der Waals surface area contributed by atoms with Crippen molar-refractivity contribution < 1.29 is 22.8 Å². The quantitative estimate of drug-likeness (QED) is 0.392. The Balaban J connectivity index is 0.000000913. The van der Waals surface area contributed by atoms with E-state index in [0.717, 1.165) is 17.4 Å². The van der Waals surface area contributed by atoms with E-state index in [1.54, 1.807) is 18.2 Å². The SMILES string of the molecule is CNC.Cc1cc(C)c(-c2ccc3oc(-c4ccc(F)cc4)c(C=O)c3c2F)cc1C=O. The number of fused-ring (bicyclic) bond motifs is 1. The van der Waals surface area contributed by atoms with Crippen LogP contribution in [0.4, 0.5) is 8.78 Å². The third kappa shape index (κ3) is 4.22. The lowest BCUT2D eigenvalue weighted by molar-refractivity contribution is 0.111. The number of rotatable bonds is 4. The Kier molecular flexibility index (Phi) is 6.95. The molecule has 0 aliphatic heterocycles. The molecular weight excluding hydrogens is 412 g/mol. The van der Waals surface area contributed by atoms with Gasteiger partial charge in [-0.15, -0.1) is 0 Å². The van der Waals surface area contributed by atoms with Gasteiger partial charge in [0.25, 0.3) is 0 Å². The molecule has 1 N–H and O–H groups in total. The highest BCUT2D eigenvalue weighted by atomic mass is 19.1. The van der Waals surface area contributed by atoms with Gasteiger partial charge in [0.15, 0.2) is 6.29 Å². The standard InChI is InChI=1S/C24H16F2O3.C2H7N/c1-13-9-14(2)19(10-16(13)11-27)18-7-8-21-22(23(18)26)20(12-28)24(29-21)15-3-5-17(25)6-4-15;1-3-2/h3-12H,1-2H3;3H,1-2H3. The molecule has 0 unspecified atom stereocenters. The third-order valence-electron chi connectivity index (χ3n) is 5.08. The van der Waals surface area contributed by atoms with Crippen LogP contribution >= 0.6 is 0 Å². The summed E-state index contributed by atoms with van der Waals surface area (Å²) >= 11 is 0. The maximum Gasteiger partial charge on any atom is 0.154 e. The highest BCUT2D eigenvalue weighted by molar-refractivity contribution is 6.04. The molecule has 0 aliphatic carbocycles. The molecule has 4 nitrogen and oxygen atoms in total. The topological polar surface area (TPSA) is 59.3 Å². The first-order valence-corrected chi connectivity index (χ1v) is 9.97. The minimum absolute atomic E-state index is 0.0597. The van der Waals surface area contributed by atoms with E-state index in [1.165, 1.54) is 24.3 Å². The van der Waals surface area contributed by atoms with Crippen molar-refractivity contribution in [3.63, 3.8) is 0 Å². The maximum atomic E-state index is 15.5. The second-order valence-corrected chi connectivity index (χ2v) is 7.41. The fourth-order valence-electron chi connectivity index (χ4n) is 3.60. The summed E-state index contributed by atoms with van der Waals surface area (Å²) in [7, 11) is 3.75. The number of aryl methyl sites for hydroxylation is 2. The van der Waals surface area contributed by atoms with Gasteiger partial charge in [-0.3, -0.25) is 9.59 Å². The number of furan rings is 1. The number of benzene rings is 3. The molecule has 0 spiro atoms. The highest BCUT2D eigenvalue weighted by Crippen LogP contribution is 2.38. The second kappa shape index (κ2) is 9.66. The summed E-state index contributed by atoms with van der Waals surface area (Å²) in [6, 6.07) is 12.1. The fourth-order valence-corrected chi connectivity index (χ4v) is 3.60. The number of hydrogen-bond donors (Lipinski definition) is 1. The van der Waals surface area contributed by atoms with Gasteiger partial charge in [0, 0.05) is 16.7 Å². The Morgan fingerprint density at radius 3 is 2.09 bits per heavy atom. The number of hydrogen-bond acceptors (Lipinski definition) is 4. The highest BCUT2D eigenvalue weighted by Gasteiger charge is 2.22. The lowest BCUT2D eigenvalue weighted by Crippen LogP contribution is -1.95. The van der Waals surface area contributed by atoms with Crippen molar-refractivity contribution in [1.82, 2.24) is 5.32 Å². The first-order valence-electron chi connectivity index (χ1n) is 9.97. The van der Waals surface area contributed by atoms with Crippen molar-refractivity contribution >= 4 is 23.5 Å². The summed E-state index contributed by atoms with van der Waals surface area (Å²) in [6.07, 6.45) is 1.27. The Bertz CT molecular complexity index is 1290. The Morgan fingerprint density at radius 2 is 1.50 bits per heavy atom. The first-order chi connectivity index (χ1) is 15.4. The van der Waals surface area contributed by atoms with Gasteiger partial charge in [0.1, 0.15) is 29.3 Å². The molecule has 32 heavy (non-hydrogen) atoms. The van der Waals surface area contributed by atoms with Crippen molar-refractivity contribution in [3.05, 3.63) is 82.4 Å². The minimum atomic E-state index is -0.606. The van der Waals surface area contributed by atoms with Gasteiger partial charge in [-0.25, -0.2) is 8.78 Å². The summed E-state index contributed by atoms with van der Waals surface area (Å²) in [6.45, 7) is 3.65. The largest absolute Gasteiger partial charge is 0.455 e. The van der Waals surface area contributed by atoms with Gasteiger partial charge in [-0.2, -0.15) is 0 Å².